The first-order valence-corrected chi connectivity index (χ1v) is 7.23. The molecule has 7 heteroatoms. The molecule has 0 atom stereocenters. The van der Waals surface area contributed by atoms with Crippen LogP contribution in [0.4, 0.5) is 5.69 Å². The van der Waals surface area contributed by atoms with E-state index in [9.17, 15) is 15.2 Å². The van der Waals surface area contributed by atoms with Crippen LogP contribution in [0.5, 0.6) is 5.75 Å². The molecule has 22 heavy (non-hydrogen) atoms. The fourth-order valence-corrected chi connectivity index (χ4v) is 2.93. The molecule has 0 aliphatic heterocycles. The number of nitro groups is 1. The fourth-order valence-electron chi connectivity index (χ4n) is 2.93. The Morgan fingerprint density at radius 1 is 1.45 bits per heavy atom. The SMILES string of the molecule is COc1cc2nn([C@H]3C[C@H](C(C)(C)O)C3)cc2cc1[N+](=O)[O-]. The Labute approximate surface area is 127 Å². The maximum atomic E-state index is 11.1. The molecule has 0 unspecified atom stereocenters. The van der Waals surface area contributed by atoms with Gasteiger partial charge in [0.05, 0.1) is 29.2 Å². The van der Waals surface area contributed by atoms with Crippen molar-refractivity contribution >= 4 is 16.6 Å². The summed E-state index contributed by atoms with van der Waals surface area (Å²) in [5.41, 5.74) is -0.0582. The standard InChI is InChI=1S/C15H19N3O4/c1-15(2,19)10-5-11(6-10)17-8-9-4-13(18(20)21)14(22-3)7-12(9)16-17/h4,7-8,10-11,19H,5-6H2,1-3H3/t10-,11-. The predicted molar refractivity (Wildman–Crippen MR) is 81.0 cm³/mol. The fraction of sp³-hybridized carbons (Fsp3) is 0.533. The number of aliphatic hydroxyl groups is 1. The van der Waals surface area contributed by atoms with Gasteiger partial charge in [0.15, 0.2) is 5.75 Å². The maximum absolute atomic E-state index is 11.1. The molecule has 0 spiro atoms. The van der Waals surface area contributed by atoms with Crippen molar-refractivity contribution in [3.63, 3.8) is 0 Å². The van der Waals surface area contributed by atoms with E-state index in [-0.39, 0.29) is 23.4 Å². The van der Waals surface area contributed by atoms with Gasteiger partial charge in [-0.1, -0.05) is 0 Å². The molecular formula is C15H19N3O4. The highest BCUT2D eigenvalue weighted by atomic mass is 16.6. The number of nitro benzene ring substituents is 1. The van der Waals surface area contributed by atoms with Crippen molar-refractivity contribution in [3.8, 4) is 5.75 Å². The summed E-state index contributed by atoms with van der Waals surface area (Å²) in [4.78, 5) is 10.6. The van der Waals surface area contributed by atoms with Crippen LogP contribution < -0.4 is 4.74 Å². The third kappa shape index (κ3) is 2.41. The summed E-state index contributed by atoms with van der Waals surface area (Å²) in [6.45, 7) is 3.64. The largest absolute Gasteiger partial charge is 0.490 e. The molecule has 1 aliphatic carbocycles. The van der Waals surface area contributed by atoms with E-state index in [1.54, 1.807) is 6.07 Å². The maximum Gasteiger partial charge on any atom is 0.311 e. The lowest BCUT2D eigenvalue weighted by molar-refractivity contribution is -0.385. The summed E-state index contributed by atoms with van der Waals surface area (Å²) in [5, 5.41) is 26.3. The zero-order valence-electron chi connectivity index (χ0n) is 12.8. The number of methoxy groups -OCH3 is 1. The Balaban J connectivity index is 1.90. The van der Waals surface area contributed by atoms with Crippen LogP contribution in [0, 0.1) is 16.0 Å². The van der Waals surface area contributed by atoms with E-state index in [0.717, 1.165) is 18.2 Å². The van der Waals surface area contributed by atoms with Gasteiger partial charge in [0.25, 0.3) is 0 Å². The zero-order valence-corrected chi connectivity index (χ0v) is 12.8. The van der Waals surface area contributed by atoms with Crippen molar-refractivity contribution in [2.24, 2.45) is 5.92 Å². The topological polar surface area (TPSA) is 90.4 Å². The molecule has 2 aromatic rings. The van der Waals surface area contributed by atoms with E-state index >= 15 is 0 Å². The zero-order chi connectivity index (χ0) is 16.1. The molecule has 1 aromatic heterocycles. The highest BCUT2D eigenvalue weighted by Crippen LogP contribution is 2.44. The van der Waals surface area contributed by atoms with Crippen molar-refractivity contribution in [2.75, 3.05) is 7.11 Å². The highest BCUT2D eigenvalue weighted by Gasteiger charge is 2.40. The van der Waals surface area contributed by atoms with Gasteiger partial charge in [-0.05, 0) is 32.6 Å². The van der Waals surface area contributed by atoms with Crippen LogP contribution >= 0.6 is 0 Å². The molecule has 1 N–H and O–H groups in total. The van der Waals surface area contributed by atoms with E-state index in [1.807, 2.05) is 24.7 Å². The third-order valence-corrected chi connectivity index (χ3v) is 4.51. The molecule has 0 amide bonds. The van der Waals surface area contributed by atoms with E-state index in [1.165, 1.54) is 13.2 Å². The van der Waals surface area contributed by atoms with Crippen molar-refractivity contribution < 1.29 is 14.8 Å². The van der Waals surface area contributed by atoms with E-state index in [0.29, 0.717) is 5.52 Å². The average molecular weight is 305 g/mol. The van der Waals surface area contributed by atoms with Crippen molar-refractivity contribution in [2.45, 2.75) is 38.3 Å². The Kier molecular flexibility index (Phi) is 3.32. The predicted octanol–water partition coefficient (Wildman–Crippen LogP) is 2.68. The second-order valence-corrected chi connectivity index (χ2v) is 6.42. The van der Waals surface area contributed by atoms with Gasteiger partial charge in [0.1, 0.15) is 0 Å². The van der Waals surface area contributed by atoms with Crippen molar-refractivity contribution in [1.82, 2.24) is 9.78 Å². The van der Waals surface area contributed by atoms with Gasteiger partial charge >= 0.3 is 5.69 Å². The van der Waals surface area contributed by atoms with Gasteiger partial charge in [-0.15, -0.1) is 0 Å². The summed E-state index contributed by atoms with van der Waals surface area (Å²) in [5.74, 6) is 0.472. The molecule has 7 nitrogen and oxygen atoms in total. The van der Waals surface area contributed by atoms with Crippen LogP contribution in [0.25, 0.3) is 10.9 Å². The van der Waals surface area contributed by atoms with Gasteiger partial charge in [-0.3, -0.25) is 14.8 Å². The lowest BCUT2D eigenvalue weighted by Gasteiger charge is -2.42. The van der Waals surface area contributed by atoms with Gasteiger partial charge in [0.2, 0.25) is 0 Å². The number of rotatable bonds is 4. The minimum atomic E-state index is -0.676. The Bertz CT molecular complexity index is 726. The molecule has 1 aliphatic rings. The smallest absolute Gasteiger partial charge is 0.311 e. The monoisotopic (exact) mass is 305 g/mol. The number of fused-ring (bicyclic) bond motifs is 1. The molecule has 1 saturated carbocycles. The van der Waals surface area contributed by atoms with Crippen LogP contribution in [-0.2, 0) is 0 Å². The van der Waals surface area contributed by atoms with Crippen molar-refractivity contribution in [3.05, 3.63) is 28.4 Å². The van der Waals surface area contributed by atoms with Gasteiger partial charge in [-0.25, -0.2) is 0 Å². The summed E-state index contributed by atoms with van der Waals surface area (Å²) >= 11 is 0. The number of nitrogens with zero attached hydrogens (tertiary/aromatic N) is 3. The summed E-state index contributed by atoms with van der Waals surface area (Å²) in [6, 6.07) is 3.31. The van der Waals surface area contributed by atoms with Crippen LogP contribution in [0.3, 0.4) is 0 Å². The number of hydrogen-bond donors (Lipinski definition) is 1. The van der Waals surface area contributed by atoms with E-state index in [2.05, 4.69) is 5.10 Å². The molecule has 1 fully saturated rings. The molecule has 118 valence electrons. The third-order valence-electron chi connectivity index (χ3n) is 4.51. The summed E-state index contributed by atoms with van der Waals surface area (Å²) in [6.07, 6.45) is 3.54. The first-order valence-electron chi connectivity index (χ1n) is 7.23. The lowest BCUT2D eigenvalue weighted by Crippen LogP contribution is -2.41. The number of benzene rings is 1. The van der Waals surface area contributed by atoms with Gasteiger partial charge in [-0.2, -0.15) is 5.10 Å². The molecule has 3 rings (SSSR count). The second-order valence-electron chi connectivity index (χ2n) is 6.42. The first kappa shape index (κ1) is 14.8. The average Bonchev–Trinajstić information content (AvgIpc) is 2.75. The molecule has 0 radical (unpaired) electrons. The summed E-state index contributed by atoms with van der Waals surface area (Å²) < 4.78 is 6.91. The lowest BCUT2D eigenvalue weighted by atomic mass is 9.71. The van der Waals surface area contributed by atoms with Gasteiger partial charge < -0.3 is 9.84 Å². The van der Waals surface area contributed by atoms with Crippen LogP contribution in [0.1, 0.15) is 32.7 Å². The number of hydrogen-bond acceptors (Lipinski definition) is 5. The Hall–Kier alpha value is -2.15. The first-order chi connectivity index (χ1) is 10.3. The summed E-state index contributed by atoms with van der Waals surface area (Å²) in [7, 11) is 1.41. The molecular weight excluding hydrogens is 286 g/mol. The minimum Gasteiger partial charge on any atom is -0.490 e. The number of ether oxygens (including phenoxy) is 1. The quantitative estimate of drug-likeness (QED) is 0.692. The van der Waals surface area contributed by atoms with Gasteiger partial charge in [0, 0.05) is 23.7 Å². The van der Waals surface area contributed by atoms with E-state index in [4.69, 9.17) is 4.74 Å². The Morgan fingerprint density at radius 2 is 2.14 bits per heavy atom. The van der Waals surface area contributed by atoms with Crippen LogP contribution in [0.2, 0.25) is 0 Å². The minimum absolute atomic E-state index is 0.0578. The molecule has 1 heterocycles. The Morgan fingerprint density at radius 3 is 2.68 bits per heavy atom. The normalized spacial score (nSPS) is 21.6. The van der Waals surface area contributed by atoms with Crippen LogP contribution in [0.15, 0.2) is 18.3 Å². The number of aromatic nitrogens is 2. The van der Waals surface area contributed by atoms with E-state index < -0.39 is 10.5 Å². The molecule has 1 aromatic carbocycles. The highest BCUT2D eigenvalue weighted by molar-refractivity contribution is 5.83. The van der Waals surface area contributed by atoms with Crippen LogP contribution in [-0.4, -0.2) is 32.5 Å². The second kappa shape index (κ2) is 4.95. The molecule has 0 saturated heterocycles. The molecule has 0 bridgehead atoms. The van der Waals surface area contributed by atoms with Crippen molar-refractivity contribution in [1.29, 1.82) is 0 Å².